The summed E-state index contributed by atoms with van der Waals surface area (Å²) in [7, 11) is 1.53. The Morgan fingerprint density at radius 1 is 1.34 bits per heavy atom. The highest BCUT2D eigenvalue weighted by Gasteiger charge is 2.27. The summed E-state index contributed by atoms with van der Waals surface area (Å²) in [5, 5.41) is 15.0. The molecule has 0 aromatic heterocycles. The third-order valence-corrected chi connectivity index (χ3v) is 5.84. The Labute approximate surface area is 182 Å². The number of nitrogens with one attached hydrogen (secondary N) is 2. The summed E-state index contributed by atoms with van der Waals surface area (Å²) in [6.45, 7) is 2.03. The van der Waals surface area contributed by atoms with Crippen LogP contribution in [0.25, 0.3) is 6.08 Å². The van der Waals surface area contributed by atoms with Gasteiger partial charge in [-0.25, -0.2) is 0 Å². The van der Waals surface area contributed by atoms with E-state index in [0.717, 1.165) is 17.7 Å². The van der Waals surface area contributed by atoms with E-state index in [1.165, 1.54) is 24.4 Å². The van der Waals surface area contributed by atoms with Crippen LogP contribution in [0.4, 0.5) is 5.69 Å². The van der Waals surface area contributed by atoms with Crippen molar-refractivity contribution in [3.8, 4) is 17.6 Å². The molecule has 1 fully saturated rings. The molecule has 8 heteroatoms. The zero-order valence-corrected chi connectivity index (χ0v) is 18.4. The van der Waals surface area contributed by atoms with E-state index >= 15 is 0 Å². The molecule has 2 aromatic rings. The second-order valence-electron chi connectivity index (χ2n) is 6.16. The van der Waals surface area contributed by atoms with E-state index in [-0.39, 0.29) is 18.0 Å². The molecule has 1 heterocycles. The van der Waals surface area contributed by atoms with E-state index in [0.29, 0.717) is 20.9 Å². The molecule has 2 aromatic carbocycles. The molecule has 1 aliphatic heterocycles. The number of nitrogens with zero attached hydrogens (tertiary/aromatic N) is 1. The Hall–Kier alpha value is -2.63. The smallest absolute Gasteiger partial charge is 0.260 e. The van der Waals surface area contributed by atoms with Crippen LogP contribution in [0.1, 0.15) is 18.1 Å². The van der Waals surface area contributed by atoms with E-state index in [4.69, 9.17) is 14.7 Å². The number of thioether (sulfide) groups is 1. The summed E-state index contributed by atoms with van der Waals surface area (Å²) in [5.74, 6) is 0.794. The quantitative estimate of drug-likeness (QED) is 0.575. The predicted octanol–water partition coefficient (Wildman–Crippen LogP) is 4.52. The first kappa shape index (κ1) is 21.1. The van der Waals surface area contributed by atoms with E-state index in [9.17, 15) is 4.79 Å². The molecular formula is C21H20BrN3O3S. The van der Waals surface area contributed by atoms with Gasteiger partial charge in [0.15, 0.2) is 23.6 Å². The van der Waals surface area contributed by atoms with Gasteiger partial charge in [0.05, 0.1) is 16.5 Å². The first-order valence-corrected chi connectivity index (χ1v) is 10.6. The third kappa shape index (κ3) is 5.25. The second-order valence-corrected chi connectivity index (χ2v) is 8.16. The van der Waals surface area contributed by atoms with Crippen molar-refractivity contribution in [2.75, 3.05) is 19.0 Å². The van der Waals surface area contributed by atoms with Crippen molar-refractivity contribution in [3.63, 3.8) is 0 Å². The Morgan fingerprint density at radius 2 is 2.10 bits per heavy atom. The summed E-state index contributed by atoms with van der Waals surface area (Å²) in [6.07, 6.45) is 2.78. The Balaban J connectivity index is 1.75. The molecule has 150 valence electrons. The Morgan fingerprint density at radius 3 is 2.76 bits per heavy atom. The minimum Gasteiger partial charge on any atom is -0.493 e. The highest BCUT2D eigenvalue weighted by molar-refractivity contribution is 9.10. The fourth-order valence-electron chi connectivity index (χ4n) is 2.77. The number of anilines is 1. The summed E-state index contributed by atoms with van der Waals surface area (Å²) in [6, 6.07) is 13.7. The van der Waals surface area contributed by atoms with Crippen molar-refractivity contribution < 1.29 is 14.3 Å². The summed E-state index contributed by atoms with van der Waals surface area (Å²) in [4.78, 5) is 13.0. The normalized spacial score (nSPS) is 17.0. The average molecular weight is 474 g/mol. The molecule has 1 atom stereocenters. The van der Waals surface area contributed by atoms with Crippen LogP contribution >= 0.6 is 27.7 Å². The zero-order chi connectivity index (χ0) is 20.8. The number of benzene rings is 2. The van der Waals surface area contributed by atoms with Gasteiger partial charge in [0.25, 0.3) is 5.91 Å². The number of hydrogen-bond acceptors (Lipinski definition) is 6. The highest BCUT2D eigenvalue weighted by Crippen LogP contribution is 2.38. The maximum absolute atomic E-state index is 12.4. The van der Waals surface area contributed by atoms with E-state index in [1.54, 1.807) is 12.1 Å². The largest absolute Gasteiger partial charge is 0.493 e. The van der Waals surface area contributed by atoms with Crippen molar-refractivity contribution in [2.45, 2.75) is 18.8 Å². The van der Waals surface area contributed by atoms with E-state index < -0.39 is 0 Å². The van der Waals surface area contributed by atoms with Gasteiger partial charge in [0.2, 0.25) is 0 Å². The first-order chi connectivity index (χ1) is 14.0. The number of amides is 1. The molecule has 1 amide bonds. The van der Waals surface area contributed by atoms with Crippen LogP contribution in [-0.2, 0) is 11.2 Å². The number of carbonyl (C=O) groups is 1. The predicted molar refractivity (Wildman–Crippen MR) is 119 cm³/mol. The second kappa shape index (κ2) is 9.72. The molecular weight excluding hydrogens is 454 g/mol. The maximum atomic E-state index is 12.4. The highest BCUT2D eigenvalue weighted by atomic mass is 79.9. The topological polar surface area (TPSA) is 83.4 Å². The number of methoxy groups -OCH3 is 1. The van der Waals surface area contributed by atoms with Gasteiger partial charge in [0.1, 0.15) is 6.07 Å². The van der Waals surface area contributed by atoms with Crippen molar-refractivity contribution in [2.24, 2.45) is 0 Å². The van der Waals surface area contributed by atoms with Gasteiger partial charge in [-0.3, -0.25) is 4.79 Å². The van der Waals surface area contributed by atoms with Gasteiger partial charge in [-0.1, -0.05) is 30.8 Å². The van der Waals surface area contributed by atoms with Gasteiger partial charge in [-0.05, 0) is 63.8 Å². The van der Waals surface area contributed by atoms with Crippen molar-refractivity contribution >= 4 is 45.4 Å². The fourth-order valence-corrected chi connectivity index (χ4v) is 4.33. The lowest BCUT2D eigenvalue weighted by molar-refractivity contribution is -0.116. The number of aryl methyl sites for hydroxylation is 1. The SMILES string of the molecule is CCc1ccc(N[C@H]2NC(=O)/C(=C/c3cc(Br)c(OCC#N)c(OC)c3)S2)cc1. The third-order valence-electron chi connectivity index (χ3n) is 4.22. The number of halogens is 1. The average Bonchev–Trinajstić information content (AvgIpc) is 3.06. The Bertz CT molecular complexity index is 970. The van der Waals surface area contributed by atoms with Crippen LogP contribution < -0.4 is 20.1 Å². The zero-order valence-electron chi connectivity index (χ0n) is 16.0. The first-order valence-electron chi connectivity index (χ1n) is 8.96. The van der Waals surface area contributed by atoms with Gasteiger partial charge >= 0.3 is 0 Å². The molecule has 0 unspecified atom stereocenters. The molecule has 0 bridgehead atoms. The van der Waals surface area contributed by atoms with E-state index in [1.807, 2.05) is 24.3 Å². The van der Waals surface area contributed by atoms with Gasteiger partial charge < -0.3 is 20.1 Å². The van der Waals surface area contributed by atoms with Crippen LogP contribution in [-0.4, -0.2) is 25.1 Å². The van der Waals surface area contributed by atoms with E-state index in [2.05, 4.69) is 45.6 Å². The van der Waals surface area contributed by atoms with Gasteiger partial charge in [0, 0.05) is 5.69 Å². The maximum Gasteiger partial charge on any atom is 0.260 e. The minimum absolute atomic E-state index is 0.0831. The molecule has 2 N–H and O–H groups in total. The van der Waals surface area contributed by atoms with Gasteiger partial charge in [-0.2, -0.15) is 5.26 Å². The summed E-state index contributed by atoms with van der Waals surface area (Å²) >= 11 is 4.85. The van der Waals surface area contributed by atoms with Crippen LogP contribution in [0.2, 0.25) is 0 Å². The molecule has 1 aliphatic rings. The molecule has 3 rings (SSSR count). The molecule has 0 spiro atoms. The summed E-state index contributed by atoms with van der Waals surface area (Å²) < 4.78 is 11.4. The van der Waals surface area contributed by atoms with Crippen molar-refractivity contribution in [3.05, 3.63) is 56.9 Å². The minimum atomic E-state index is -0.246. The molecule has 29 heavy (non-hydrogen) atoms. The van der Waals surface area contributed by atoms with Gasteiger partial charge in [-0.15, -0.1) is 0 Å². The van der Waals surface area contributed by atoms with Crippen LogP contribution in [0.15, 0.2) is 45.8 Å². The van der Waals surface area contributed by atoms with Crippen molar-refractivity contribution in [1.29, 1.82) is 5.26 Å². The number of hydrogen-bond donors (Lipinski definition) is 2. The number of rotatable bonds is 7. The lowest BCUT2D eigenvalue weighted by Crippen LogP contribution is -2.30. The van der Waals surface area contributed by atoms with Crippen LogP contribution in [0.5, 0.6) is 11.5 Å². The fraction of sp³-hybridized carbons (Fsp3) is 0.238. The number of nitriles is 1. The molecule has 0 radical (unpaired) electrons. The molecule has 0 aliphatic carbocycles. The number of carbonyl (C=O) groups excluding carboxylic acids is 1. The number of ether oxygens (including phenoxy) is 2. The van der Waals surface area contributed by atoms with Crippen LogP contribution in [0, 0.1) is 11.3 Å². The Kier molecular flexibility index (Phi) is 7.07. The molecule has 1 saturated heterocycles. The standard InChI is InChI=1S/C21H20BrN3O3S/c1-3-13-4-6-15(7-5-13)24-21-25-20(26)18(29-21)12-14-10-16(22)19(28-9-8-23)17(11-14)27-2/h4-7,10-12,21,24H,3,9H2,1-2H3,(H,25,26)/b18-12-/t21-/m0/s1. The summed E-state index contributed by atoms with van der Waals surface area (Å²) in [5.41, 5.74) is 2.75. The lowest BCUT2D eigenvalue weighted by Gasteiger charge is -2.13. The monoisotopic (exact) mass is 473 g/mol. The molecule has 0 saturated carbocycles. The van der Waals surface area contributed by atoms with Crippen molar-refractivity contribution in [1.82, 2.24) is 5.32 Å². The molecule has 6 nitrogen and oxygen atoms in total. The lowest BCUT2D eigenvalue weighted by atomic mass is 10.1. The van der Waals surface area contributed by atoms with Crippen LogP contribution in [0.3, 0.4) is 0 Å².